The largest absolute Gasteiger partial charge is 0.507 e. The summed E-state index contributed by atoms with van der Waals surface area (Å²) in [7, 11) is 0. The predicted molar refractivity (Wildman–Crippen MR) is 72.2 cm³/mol. The summed E-state index contributed by atoms with van der Waals surface area (Å²) in [6.07, 6.45) is 5.06. The molecule has 2 atom stereocenters. The number of nitrogens with one attached hydrogen (secondary N) is 1. The second-order valence-corrected chi connectivity index (χ2v) is 5.65. The van der Waals surface area contributed by atoms with Crippen LogP contribution in [0.5, 0.6) is 11.5 Å². The first-order valence-electron chi connectivity index (χ1n) is 5.96. The first kappa shape index (κ1) is 13.1. The Kier molecular flexibility index (Phi) is 4.01. The molecule has 18 heavy (non-hydrogen) atoms. The van der Waals surface area contributed by atoms with E-state index < -0.39 is 5.91 Å². The number of carbonyl (C=O) groups is 1. The van der Waals surface area contributed by atoms with E-state index in [4.69, 9.17) is 0 Å². The van der Waals surface area contributed by atoms with Crippen LogP contribution in [0.25, 0.3) is 0 Å². The number of carbonyl (C=O) groups excluding carboxylic acids is 1. The fraction of sp³-hybridized carbons (Fsp3) is 0.462. The number of rotatable bonds is 3. The van der Waals surface area contributed by atoms with Gasteiger partial charge in [0.05, 0.1) is 0 Å². The SMILES string of the molecule is CSC1CCC(NC(=O)c2c(O)cccc2O)C1. The summed E-state index contributed by atoms with van der Waals surface area (Å²) < 4.78 is 0. The Balaban J connectivity index is 2.04. The van der Waals surface area contributed by atoms with Crippen molar-refractivity contribution in [2.24, 2.45) is 0 Å². The third-order valence-corrected chi connectivity index (χ3v) is 4.40. The molecule has 98 valence electrons. The molecule has 0 aliphatic heterocycles. The van der Waals surface area contributed by atoms with Crippen molar-refractivity contribution in [3.8, 4) is 11.5 Å². The van der Waals surface area contributed by atoms with Crippen LogP contribution < -0.4 is 5.32 Å². The van der Waals surface area contributed by atoms with Crippen LogP contribution in [0.3, 0.4) is 0 Å². The average Bonchev–Trinajstić information content (AvgIpc) is 2.76. The molecule has 1 fully saturated rings. The molecule has 4 nitrogen and oxygen atoms in total. The first-order chi connectivity index (χ1) is 8.61. The number of phenols is 2. The molecule has 1 aromatic rings. The summed E-state index contributed by atoms with van der Waals surface area (Å²) in [5, 5.41) is 22.7. The van der Waals surface area contributed by atoms with Crippen molar-refractivity contribution in [2.45, 2.75) is 30.6 Å². The maximum atomic E-state index is 12.0. The van der Waals surface area contributed by atoms with Crippen molar-refractivity contribution in [3.05, 3.63) is 23.8 Å². The Labute approximate surface area is 110 Å². The van der Waals surface area contributed by atoms with Crippen LogP contribution in [0.15, 0.2) is 18.2 Å². The van der Waals surface area contributed by atoms with Crippen LogP contribution in [0.2, 0.25) is 0 Å². The van der Waals surface area contributed by atoms with Crippen LogP contribution in [0.4, 0.5) is 0 Å². The number of hydrogen-bond acceptors (Lipinski definition) is 4. The molecule has 2 rings (SSSR count). The Bertz CT molecular complexity index is 430. The second kappa shape index (κ2) is 5.52. The molecule has 0 spiro atoms. The lowest BCUT2D eigenvalue weighted by Gasteiger charge is -2.14. The first-order valence-corrected chi connectivity index (χ1v) is 7.25. The van der Waals surface area contributed by atoms with Gasteiger partial charge in [-0.1, -0.05) is 6.07 Å². The van der Waals surface area contributed by atoms with Crippen molar-refractivity contribution < 1.29 is 15.0 Å². The Morgan fingerprint density at radius 1 is 1.33 bits per heavy atom. The summed E-state index contributed by atoms with van der Waals surface area (Å²) >= 11 is 1.82. The number of phenolic OH excluding ortho intramolecular Hbond substituents is 2. The van der Waals surface area contributed by atoms with E-state index in [2.05, 4.69) is 11.6 Å². The van der Waals surface area contributed by atoms with Crippen molar-refractivity contribution in [1.29, 1.82) is 0 Å². The number of hydrogen-bond donors (Lipinski definition) is 3. The third kappa shape index (κ3) is 2.72. The van der Waals surface area contributed by atoms with E-state index in [1.165, 1.54) is 18.2 Å². The lowest BCUT2D eigenvalue weighted by Crippen LogP contribution is -2.33. The molecule has 5 heteroatoms. The monoisotopic (exact) mass is 267 g/mol. The molecule has 0 radical (unpaired) electrons. The van der Waals surface area contributed by atoms with Gasteiger partial charge in [-0.3, -0.25) is 4.79 Å². The van der Waals surface area contributed by atoms with Gasteiger partial charge in [-0.05, 0) is 37.7 Å². The van der Waals surface area contributed by atoms with Gasteiger partial charge in [-0.2, -0.15) is 11.8 Å². The Morgan fingerprint density at radius 3 is 2.56 bits per heavy atom. The summed E-state index contributed by atoms with van der Waals surface area (Å²) in [5.41, 5.74) is -0.0369. The van der Waals surface area contributed by atoms with Crippen molar-refractivity contribution in [3.63, 3.8) is 0 Å². The molecule has 1 saturated carbocycles. The molecule has 1 aliphatic carbocycles. The van der Waals surface area contributed by atoms with Gasteiger partial charge in [0.2, 0.25) is 0 Å². The number of benzene rings is 1. The maximum absolute atomic E-state index is 12.0. The van der Waals surface area contributed by atoms with Crippen LogP contribution in [0.1, 0.15) is 29.6 Å². The standard InChI is InChI=1S/C13H17NO3S/c1-18-9-6-5-8(7-9)14-13(17)12-10(15)3-2-4-11(12)16/h2-4,8-9,15-16H,5-7H2,1H3,(H,14,17). The number of thioether (sulfide) groups is 1. The van der Waals surface area contributed by atoms with E-state index in [-0.39, 0.29) is 23.1 Å². The summed E-state index contributed by atoms with van der Waals surface area (Å²) in [4.78, 5) is 12.0. The molecule has 1 aliphatic rings. The van der Waals surface area contributed by atoms with Crippen LogP contribution in [-0.4, -0.2) is 33.7 Å². The normalized spacial score (nSPS) is 22.9. The fourth-order valence-corrected chi connectivity index (χ4v) is 3.10. The lowest BCUT2D eigenvalue weighted by atomic mass is 10.1. The van der Waals surface area contributed by atoms with Crippen LogP contribution in [0, 0.1) is 0 Å². The van der Waals surface area contributed by atoms with E-state index in [0.717, 1.165) is 19.3 Å². The molecule has 2 unspecified atom stereocenters. The molecule has 1 aromatic carbocycles. The highest BCUT2D eigenvalue weighted by molar-refractivity contribution is 7.99. The maximum Gasteiger partial charge on any atom is 0.259 e. The van der Waals surface area contributed by atoms with Gasteiger partial charge in [-0.15, -0.1) is 0 Å². The molecule has 0 aromatic heterocycles. The zero-order valence-electron chi connectivity index (χ0n) is 10.2. The van der Waals surface area contributed by atoms with E-state index in [1.54, 1.807) is 0 Å². The van der Waals surface area contributed by atoms with Gasteiger partial charge in [-0.25, -0.2) is 0 Å². The fourth-order valence-electron chi connectivity index (χ4n) is 2.30. The van der Waals surface area contributed by atoms with Crippen molar-refractivity contribution >= 4 is 17.7 Å². The zero-order chi connectivity index (χ0) is 13.1. The van der Waals surface area contributed by atoms with Gasteiger partial charge >= 0.3 is 0 Å². The van der Waals surface area contributed by atoms with Gasteiger partial charge in [0.1, 0.15) is 17.1 Å². The van der Waals surface area contributed by atoms with Gasteiger partial charge in [0.15, 0.2) is 0 Å². The minimum Gasteiger partial charge on any atom is -0.507 e. The molecule has 0 bridgehead atoms. The van der Waals surface area contributed by atoms with Crippen molar-refractivity contribution in [1.82, 2.24) is 5.32 Å². The molecule has 3 N–H and O–H groups in total. The van der Waals surface area contributed by atoms with Gasteiger partial charge < -0.3 is 15.5 Å². The van der Waals surface area contributed by atoms with E-state index >= 15 is 0 Å². The minimum absolute atomic E-state index is 0.0369. The topological polar surface area (TPSA) is 69.6 Å². The zero-order valence-corrected chi connectivity index (χ0v) is 11.0. The number of aromatic hydroxyl groups is 2. The Morgan fingerprint density at radius 2 is 2.00 bits per heavy atom. The third-order valence-electron chi connectivity index (χ3n) is 3.30. The minimum atomic E-state index is -0.405. The summed E-state index contributed by atoms with van der Waals surface area (Å²) in [6.45, 7) is 0. The Hall–Kier alpha value is -1.36. The average molecular weight is 267 g/mol. The molecule has 0 saturated heterocycles. The lowest BCUT2D eigenvalue weighted by molar-refractivity contribution is 0.0932. The highest BCUT2D eigenvalue weighted by Gasteiger charge is 2.27. The van der Waals surface area contributed by atoms with Crippen LogP contribution >= 0.6 is 11.8 Å². The van der Waals surface area contributed by atoms with Gasteiger partial charge in [0, 0.05) is 11.3 Å². The van der Waals surface area contributed by atoms with Crippen molar-refractivity contribution in [2.75, 3.05) is 6.26 Å². The molecular formula is C13H17NO3S. The quantitative estimate of drug-likeness (QED) is 0.784. The van der Waals surface area contributed by atoms with Gasteiger partial charge in [0.25, 0.3) is 5.91 Å². The van der Waals surface area contributed by atoms with Crippen LogP contribution in [-0.2, 0) is 0 Å². The van der Waals surface area contributed by atoms with E-state index in [1.807, 2.05) is 11.8 Å². The number of amides is 1. The molecular weight excluding hydrogens is 250 g/mol. The smallest absolute Gasteiger partial charge is 0.259 e. The molecule has 0 heterocycles. The highest BCUT2D eigenvalue weighted by Crippen LogP contribution is 2.30. The van der Waals surface area contributed by atoms with E-state index in [9.17, 15) is 15.0 Å². The predicted octanol–water partition coefficient (Wildman–Crippen LogP) is 2.11. The molecule has 1 amide bonds. The highest BCUT2D eigenvalue weighted by atomic mass is 32.2. The summed E-state index contributed by atoms with van der Waals surface area (Å²) in [6, 6.07) is 4.43. The second-order valence-electron chi connectivity index (χ2n) is 4.51. The summed E-state index contributed by atoms with van der Waals surface area (Å²) in [5.74, 6) is -0.781. The van der Waals surface area contributed by atoms with E-state index in [0.29, 0.717) is 5.25 Å².